The normalized spacial score (nSPS) is 17.7. The van der Waals surface area contributed by atoms with Gasteiger partial charge in [0.25, 0.3) is 5.91 Å². The zero-order chi connectivity index (χ0) is 22.5. The highest BCUT2D eigenvalue weighted by atomic mass is 16.5. The van der Waals surface area contributed by atoms with Gasteiger partial charge in [0.1, 0.15) is 5.75 Å². The number of amides is 2. The Morgan fingerprint density at radius 1 is 1.03 bits per heavy atom. The van der Waals surface area contributed by atoms with Crippen molar-refractivity contribution in [2.45, 2.75) is 31.7 Å². The lowest BCUT2D eigenvalue weighted by molar-refractivity contribution is -0.124. The number of nitrogens with one attached hydrogen (secondary N) is 1. The van der Waals surface area contributed by atoms with Gasteiger partial charge in [0.15, 0.2) is 11.5 Å². The maximum absolute atomic E-state index is 13.4. The molecule has 31 heavy (non-hydrogen) atoms. The van der Waals surface area contributed by atoms with E-state index in [1.54, 1.807) is 31.2 Å². The van der Waals surface area contributed by atoms with E-state index < -0.39 is 12.0 Å². The predicted octanol–water partition coefficient (Wildman–Crippen LogP) is 3.54. The monoisotopic (exact) mass is 426 g/mol. The van der Waals surface area contributed by atoms with Crippen LogP contribution in [0, 0.1) is 0 Å². The van der Waals surface area contributed by atoms with Crippen molar-refractivity contribution in [3.63, 3.8) is 0 Å². The Kier molecular flexibility index (Phi) is 7.05. The number of unbranched alkanes of at least 4 members (excludes halogenated alkanes) is 1. The number of carbonyl (C=O) groups excluding carboxylic acids is 2. The lowest BCUT2D eigenvalue weighted by atomic mass is 9.79. The largest absolute Gasteiger partial charge is 0.497 e. The van der Waals surface area contributed by atoms with E-state index in [9.17, 15) is 9.59 Å². The summed E-state index contributed by atoms with van der Waals surface area (Å²) in [6, 6.07) is 10.4. The Morgan fingerprint density at radius 2 is 1.68 bits per heavy atom. The molecular weight excluding hydrogens is 396 g/mol. The minimum atomic E-state index is -0.595. The number of hydrogen-bond donors (Lipinski definition) is 1. The molecule has 166 valence electrons. The average Bonchev–Trinajstić information content (AvgIpc) is 2.80. The molecule has 3 rings (SSSR count). The van der Waals surface area contributed by atoms with Gasteiger partial charge >= 0.3 is 0 Å². The van der Waals surface area contributed by atoms with E-state index in [-0.39, 0.29) is 11.8 Å². The second-order valence-electron chi connectivity index (χ2n) is 7.55. The van der Waals surface area contributed by atoms with Crippen LogP contribution >= 0.6 is 0 Å². The van der Waals surface area contributed by atoms with Gasteiger partial charge in [-0.1, -0.05) is 25.5 Å². The summed E-state index contributed by atoms with van der Waals surface area (Å²) >= 11 is 0. The zero-order valence-electron chi connectivity index (χ0n) is 18.7. The van der Waals surface area contributed by atoms with E-state index >= 15 is 0 Å². The number of nitrogens with zero attached hydrogens (tertiary/aromatic N) is 1. The van der Waals surface area contributed by atoms with Crippen LogP contribution in [0.4, 0.5) is 0 Å². The van der Waals surface area contributed by atoms with Gasteiger partial charge in [0, 0.05) is 19.2 Å². The van der Waals surface area contributed by atoms with Crippen LogP contribution in [0.25, 0.3) is 0 Å². The molecule has 1 N–H and O–H groups in total. The molecular formula is C24H30N2O5. The van der Waals surface area contributed by atoms with Gasteiger partial charge in [-0.3, -0.25) is 9.59 Å². The molecule has 2 amide bonds. The molecule has 0 aromatic heterocycles. The summed E-state index contributed by atoms with van der Waals surface area (Å²) in [6.45, 7) is 2.66. The van der Waals surface area contributed by atoms with Crippen LogP contribution in [-0.4, -0.2) is 51.6 Å². The number of carbonyl (C=O) groups is 2. The smallest absolute Gasteiger partial charge is 0.254 e. The summed E-state index contributed by atoms with van der Waals surface area (Å²) in [7, 11) is 6.39. The lowest BCUT2D eigenvalue weighted by Crippen LogP contribution is -2.45. The molecule has 7 nitrogen and oxygen atoms in total. The molecule has 7 heteroatoms. The highest BCUT2D eigenvalue weighted by molar-refractivity contribution is 6.02. The van der Waals surface area contributed by atoms with E-state index in [4.69, 9.17) is 14.2 Å². The number of benzene rings is 2. The molecule has 0 saturated carbocycles. The van der Waals surface area contributed by atoms with Crippen molar-refractivity contribution in [3.05, 3.63) is 53.1 Å². The highest BCUT2D eigenvalue weighted by Crippen LogP contribution is 2.45. The van der Waals surface area contributed by atoms with Gasteiger partial charge in [-0.05, 0) is 41.8 Å². The highest BCUT2D eigenvalue weighted by Gasteiger charge is 2.43. The topological polar surface area (TPSA) is 77.1 Å². The number of methoxy groups -OCH3 is 3. The van der Waals surface area contributed by atoms with Crippen LogP contribution in [0.15, 0.2) is 36.4 Å². The van der Waals surface area contributed by atoms with E-state index in [1.807, 2.05) is 24.3 Å². The Bertz CT molecular complexity index is 942. The first-order valence-corrected chi connectivity index (χ1v) is 10.4. The Hall–Kier alpha value is -3.22. The van der Waals surface area contributed by atoms with Gasteiger partial charge in [0.05, 0.1) is 33.3 Å². The number of rotatable bonds is 8. The van der Waals surface area contributed by atoms with Crippen molar-refractivity contribution in [2.75, 3.05) is 34.9 Å². The predicted molar refractivity (Wildman–Crippen MR) is 118 cm³/mol. The van der Waals surface area contributed by atoms with Crippen molar-refractivity contribution in [2.24, 2.45) is 0 Å². The molecule has 0 spiro atoms. The average molecular weight is 427 g/mol. The third-order valence-corrected chi connectivity index (χ3v) is 5.74. The first-order valence-electron chi connectivity index (χ1n) is 10.4. The number of likely N-dealkylation sites (N-methyl/N-ethyl adjacent to an activating group) is 1. The minimum Gasteiger partial charge on any atom is -0.497 e. The Balaban J connectivity index is 2.15. The molecule has 1 aliphatic heterocycles. The molecule has 0 unspecified atom stereocenters. The van der Waals surface area contributed by atoms with Gasteiger partial charge in [0.2, 0.25) is 5.91 Å². The summed E-state index contributed by atoms with van der Waals surface area (Å²) in [5.74, 6) is 0.762. The van der Waals surface area contributed by atoms with Crippen LogP contribution in [0.2, 0.25) is 0 Å². The third kappa shape index (κ3) is 4.31. The maximum atomic E-state index is 13.4. The van der Waals surface area contributed by atoms with Gasteiger partial charge in [-0.2, -0.15) is 0 Å². The van der Waals surface area contributed by atoms with E-state index in [0.717, 1.165) is 18.4 Å². The summed E-state index contributed by atoms with van der Waals surface area (Å²) in [5, 5.41) is 3.04. The molecule has 2 aromatic carbocycles. The molecule has 0 bridgehead atoms. The fourth-order valence-electron chi connectivity index (χ4n) is 4.05. The molecule has 1 aliphatic rings. The fraction of sp³-hybridized carbons (Fsp3) is 0.417. The van der Waals surface area contributed by atoms with Crippen molar-refractivity contribution in [1.82, 2.24) is 10.2 Å². The number of hydrogen-bond acceptors (Lipinski definition) is 5. The Morgan fingerprint density at radius 3 is 2.26 bits per heavy atom. The second kappa shape index (κ2) is 9.73. The van der Waals surface area contributed by atoms with Crippen LogP contribution in [0.5, 0.6) is 17.2 Å². The number of ether oxygens (including phenoxy) is 3. The molecule has 1 heterocycles. The molecule has 0 saturated heterocycles. The van der Waals surface area contributed by atoms with Crippen molar-refractivity contribution >= 4 is 11.8 Å². The second-order valence-corrected chi connectivity index (χ2v) is 7.55. The Labute approximate surface area is 183 Å². The minimum absolute atomic E-state index is 0.123. The van der Waals surface area contributed by atoms with E-state index in [1.165, 1.54) is 14.2 Å². The first-order chi connectivity index (χ1) is 15.0. The van der Waals surface area contributed by atoms with Gasteiger partial charge < -0.3 is 24.4 Å². The summed E-state index contributed by atoms with van der Waals surface area (Å²) in [4.78, 5) is 28.3. The van der Waals surface area contributed by atoms with Crippen molar-refractivity contribution < 1.29 is 23.8 Å². The summed E-state index contributed by atoms with van der Waals surface area (Å²) in [6.07, 6.45) is 1.87. The molecule has 2 atom stereocenters. The van der Waals surface area contributed by atoms with Crippen molar-refractivity contribution in [3.8, 4) is 17.2 Å². The SMILES string of the molecule is CCCCNC(=O)[C@H]1c2cc(OC)c(OC)cc2C(=O)N(C)[C@@H]1c1ccc(OC)cc1. The fourth-order valence-corrected chi connectivity index (χ4v) is 4.05. The van der Waals surface area contributed by atoms with Crippen LogP contribution in [0.3, 0.4) is 0 Å². The lowest BCUT2D eigenvalue weighted by Gasteiger charge is -2.40. The van der Waals surface area contributed by atoms with E-state index in [2.05, 4.69) is 12.2 Å². The third-order valence-electron chi connectivity index (χ3n) is 5.74. The molecule has 0 radical (unpaired) electrons. The quantitative estimate of drug-likeness (QED) is 0.654. The maximum Gasteiger partial charge on any atom is 0.254 e. The van der Waals surface area contributed by atoms with Crippen LogP contribution < -0.4 is 19.5 Å². The van der Waals surface area contributed by atoms with E-state index in [0.29, 0.717) is 34.9 Å². The van der Waals surface area contributed by atoms with Crippen LogP contribution in [-0.2, 0) is 4.79 Å². The molecule has 0 fully saturated rings. The summed E-state index contributed by atoms with van der Waals surface area (Å²) < 4.78 is 16.1. The van der Waals surface area contributed by atoms with Gasteiger partial charge in [-0.25, -0.2) is 0 Å². The molecule has 0 aliphatic carbocycles. The first kappa shape index (κ1) is 22.5. The zero-order valence-corrected chi connectivity index (χ0v) is 18.7. The number of fused-ring (bicyclic) bond motifs is 1. The van der Waals surface area contributed by atoms with Gasteiger partial charge in [-0.15, -0.1) is 0 Å². The van der Waals surface area contributed by atoms with Crippen LogP contribution in [0.1, 0.15) is 53.2 Å². The van der Waals surface area contributed by atoms with Crippen molar-refractivity contribution in [1.29, 1.82) is 0 Å². The summed E-state index contributed by atoms with van der Waals surface area (Å²) in [5.41, 5.74) is 1.93. The standard InChI is InChI=1S/C24H30N2O5/c1-6-7-12-25-23(27)21-17-13-19(30-4)20(31-5)14-18(17)24(28)26(2)22(21)15-8-10-16(29-3)11-9-15/h8-11,13-14,21-22H,6-7,12H2,1-5H3,(H,25,27)/t21-,22+/m0/s1. The molecule has 2 aromatic rings.